The van der Waals surface area contributed by atoms with Crippen molar-refractivity contribution >= 4 is 0 Å². The van der Waals surface area contributed by atoms with Crippen LogP contribution in [0.15, 0.2) is 0 Å². The second-order valence-corrected chi connectivity index (χ2v) is 4.68. The Morgan fingerprint density at radius 2 is 2.27 bits per heavy atom. The summed E-state index contributed by atoms with van der Waals surface area (Å²) in [7, 11) is 1.74. The third kappa shape index (κ3) is 4.49. The lowest BCUT2D eigenvalue weighted by atomic mass is 9.87. The van der Waals surface area contributed by atoms with Crippen LogP contribution in [0.1, 0.15) is 26.7 Å². The predicted molar refractivity (Wildman–Crippen MR) is 62.0 cm³/mol. The third-order valence-corrected chi connectivity index (χ3v) is 3.04. The van der Waals surface area contributed by atoms with Crippen molar-refractivity contribution in [2.45, 2.75) is 32.8 Å². The molecule has 3 nitrogen and oxygen atoms in total. The summed E-state index contributed by atoms with van der Waals surface area (Å²) in [5.41, 5.74) is 0. The van der Waals surface area contributed by atoms with Crippen molar-refractivity contribution in [3.63, 3.8) is 0 Å². The smallest absolute Gasteiger partial charge is 0.0638 e. The summed E-state index contributed by atoms with van der Waals surface area (Å²) < 4.78 is 10.8. The van der Waals surface area contributed by atoms with Gasteiger partial charge in [0.05, 0.1) is 12.7 Å². The minimum absolute atomic E-state index is 0.439. The standard InChI is InChI=1S/C12H25NO2/c1-10(2)12-11(5-4-7-15-12)9-13-6-8-14-3/h10-13H,4-9H2,1-3H3. The summed E-state index contributed by atoms with van der Waals surface area (Å²) in [6.07, 6.45) is 2.94. The van der Waals surface area contributed by atoms with Crippen LogP contribution in [0, 0.1) is 11.8 Å². The van der Waals surface area contributed by atoms with Gasteiger partial charge in [-0.2, -0.15) is 0 Å². The van der Waals surface area contributed by atoms with E-state index in [0.29, 0.717) is 17.9 Å². The molecule has 1 aliphatic rings. The van der Waals surface area contributed by atoms with Gasteiger partial charge >= 0.3 is 0 Å². The van der Waals surface area contributed by atoms with Crippen molar-refractivity contribution in [2.75, 3.05) is 33.4 Å². The quantitative estimate of drug-likeness (QED) is 0.684. The van der Waals surface area contributed by atoms with Gasteiger partial charge in [-0.25, -0.2) is 0 Å². The SMILES string of the molecule is COCCNCC1CCCOC1C(C)C. The van der Waals surface area contributed by atoms with Crippen molar-refractivity contribution in [1.29, 1.82) is 0 Å². The maximum absolute atomic E-state index is 5.84. The Morgan fingerprint density at radius 3 is 2.93 bits per heavy atom. The monoisotopic (exact) mass is 215 g/mol. The topological polar surface area (TPSA) is 30.5 Å². The van der Waals surface area contributed by atoms with E-state index in [1.165, 1.54) is 12.8 Å². The third-order valence-electron chi connectivity index (χ3n) is 3.04. The first-order valence-corrected chi connectivity index (χ1v) is 6.07. The molecule has 0 bridgehead atoms. The molecule has 90 valence electrons. The van der Waals surface area contributed by atoms with Crippen molar-refractivity contribution in [3.05, 3.63) is 0 Å². The summed E-state index contributed by atoms with van der Waals surface area (Å²) in [5.74, 6) is 1.30. The van der Waals surface area contributed by atoms with E-state index in [1.807, 2.05) is 0 Å². The molecule has 1 heterocycles. The number of methoxy groups -OCH3 is 1. The normalized spacial score (nSPS) is 27.2. The molecule has 0 aromatic carbocycles. The number of hydrogen-bond donors (Lipinski definition) is 1. The van der Waals surface area contributed by atoms with Gasteiger partial charge in [-0.15, -0.1) is 0 Å². The van der Waals surface area contributed by atoms with Crippen LogP contribution in [0.25, 0.3) is 0 Å². The minimum Gasteiger partial charge on any atom is -0.383 e. The van der Waals surface area contributed by atoms with Crippen LogP contribution in [-0.2, 0) is 9.47 Å². The Hall–Kier alpha value is -0.120. The molecule has 1 aliphatic heterocycles. The minimum atomic E-state index is 0.439. The zero-order chi connectivity index (χ0) is 11.1. The molecule has 0 spiro atoms. The molecule has 2 unspecified atom stereocenters. The van der Waals surface area contributed by atoms with Gasteiger partial charge in [0, 0.05) is 26.8 Å². The first-order valence-electron chi connectivity index (χ1n) is 6.07. The lowest BCUT2D eigenvalue weighted by molar-refractivity contribution is -0.0517. The Kier molecular flexibility index (Phi) is 6.22. The lowest BCUT2D eigenvalue weighted by Gasteiger charge is -2.34. The van der Waals surface area contributed by atoms with Crippen LogP contribution >= 0.6 is 0 Å². The zero-order valence-corrected chi connectivity index (χ0v) is 10.3. The molecule has 2 atom stereocenters. The number of nitrogens with one attached hydrogen (secondary N) is 1. The van der Waals surface area contributed by atoms with Gasteiger partial charge in [-0.1, -0.05) is 13.8 Å². The highest BCUT2D eigenvalue weighted by molar-refractivity contribution is 4.78. The number of hydrogen-bond acceptors (Lipinski definition) is 3. The summed E-state index contributed by atoms with van der Waals surface area (Å²) in [6.45, 7) is 8.23. The molecule has 0 aromatic heterocycles. The molecule has 0 aliphatic carbocycles. The van der Waals surface area contributed by atoms with Gasteiger partial charge in [0.25, 0.3) is 0 Å². The van der Waals surface area contributed by atoms with Crippen LogP contribution in [0.5, 0.6) is 0 Å². The Morgan fingerprint density at radius 1 is 1.47 bits per heavy atom. The number of rotatable bonds is 6. The Balaban J connectivity index is 2.23. The largest absolute Gasteiger partial charge is 0.383 e. The highest BCUT2D eigenvalue weighted by Crippen LogP contribution is 2.25. The second-order valence-electron chi connectivity index (χ2n) is 4.68. The van der Waals surface area contributed by atoms with Crippen molar-refractivity contribution in [3.8, 4) is 0 Å². The van der Waals surface area contributed by atoms with Gasteiger partial charge in [0.15, 0.2) is 0 Å². The molecule has 15 heavy (non-hydrogen) atoms. The van der Waals surface area contributed by atoms with Gasteiger partial charge in [-0.05, 0) is 24.7 Å². The molecular weight excluding hydrogens is 190 g/mol. The van der Waals surface area contributed by atoms with Crippen LogP contribution < -0.4 is 5.32 Å². The molecule has 0 aromatic rings. The highest BCUT2D eigenvalue weighted by atomic mass is 16.5. The van der Waals surface area contributed by atoms with Crippen LogP contribution in [0.4, 0.5) is 0 Å². The lowest BCUT2D eigenvalue weighted by Crippen LogP contribution is -2.40. The average molecular weight is 215 g/mol. The summed E-state index contributed by atoms with van der Waals surface area (Å²) in [4.78, 5) is 0. The van der Waals surface area contributed by atoms with Gasteiger partial charge in [0.1, 0.15) is 0 Å². The fourth-order valence-electron chi connectivity index (χ4n) is 2.28. The maximum Gasteiger partial charge on any atom is 0.0638 e. The number of ether oxygens (including phenoxy) is 2. The van der Waals surface area contributed by atoms with E-state index < -0.39 is 0 Å². The molecule has 3 heteroatoms. The van der Waals surface area contributed by atoms with Crippen LogP contribution in [0.3, 0.4) is 0 Å². The zero-order valence-electron chi connectivity index (χ0n) is 10.3. The molecular formula is C12H25NO2. The van der Waals surface area contributed by atoms with E-state index in [0.717, 1.165) is 26.3 Å². The van der Waals surface area contributed by atoms with E-state index in [1.54, 1.807) is 7.11 Å². The predicted octanol–water partition coefficient (Wildman–Crippen LogP) is 1.67. The van der Waals surface area contributed by atoms with Gasteiger partial charge < -0.3 is 14.8 Å². The fraction of sp³-hybridized carbons (Fsp3) is 1.00. The fourth-order valence-corrected chi connectivity index (χ4v) is 2.28. The Labute approximate surface area is 93.5 Å². The Bertz CT molecular complexity index is 162. The van der Waals surface area contributed by atoms with Crippen molar-refractivity contribution in [2.24, 2.45) is 11.8 Å². The van der Waals surface area contributed by atoms with E-state index in [2.05, 4.69) is 19.2 Å². The first-order chi connectivity index (χ1) is 7.25. The molecule has 1 fully saturated rings. The summed E-state index contributed by atoms with van der Waals surface area (Å²) >= 11 is 0. The van der Waals surface area contributed by atoms with Crippen LogP contribution in [-0.4, -0.2) is 39.5 Å². The molecule has 0 amide bonds. The highest BCUT2D eigenvalue weighted by Gasteiger charge is 2.27. The first kappa shape index (κ1) is 12.9. The second kappa shape index (κ2) is 7.20. The average Bonchev–Trinajstić information content (AvgIpc) is 2.25. The van der Waals surface area contributed by atoms with Gasteiger partial charge in [0.2, 0.25) is 0 Å². The van der Waals surface area contributed by atoms with E-state index >= 15 is 0 Å². The van der Waals surface area contributed by atoms with E-state index in [9.17, 15) is 0 Å². The van der Waals surface area contributed by atoms with Crippen molar-refractivity contribution in [1.82, 2.24) is 5.32 Å². The van der Waals surface area contributed by atoms with E-state index in [-0.39, 0.29) is 0 Å². The van der Waals surface area contributed by atoms with E-state index in [4.69, 9.17) is 9.47 Å². The van der Waals surface area contributed by atoms with Crippen LogP contribution in [0.2, 0.25) is 0 Å². The molecule has 1 N–H and O–H groups in total. The van der Waals surface area contributed by atoms with Crippen molar-refractivity contribution < 1.29 is 9.47 Å². The molecule has 1 saturated heterocycles. The molecule has 0 saturated carbocycles. The summed E-state index contributed by atoms with van der Waals surface area (Å²) in [5, 5.41) is 3.44. The maximum atomic E-state index is 5.84. The van der Waals surface area contributed by atoms with Gasteiger partial charge in [-0.3, -0.25) is 0 Å². The molecule has 0 radical (unpaired) electrons. The summed E-state index contributed by atoms with van der Waals surface area (Å²) in [6, 6.07) is 0. The molecule has 1 rings (SSSR count).